The second-order valence-electron chi connectivity index (χ2n) is 4.76. The number of hydrogen-bond acceptors (Lipinski definition) is 4. The molecule has 1 aliphatic rings. The third kappa shape index (κ3) is 4.12. The predicted molar refractivity (Wildman–Crippen MR) is 74.4 cm³/mol. The Morgan fingerprint density at radius 3 is 2.00 bits per heavy atom. The summed E-state index contributed by atoms with van der Waals surface area (Å²) < 4.78 is 51.9. The van der Waals surface area contributed by atoms with E-state index < -0.39 is 20.2 Å². The number of hydrogen-bond donors (Lipinski definition) is 0. The van der Waals surface area contributed by atoms with Crippen LogP contribution < -0.4 is 0 Å². The number of nitrogens with zero attached hydrogens (tertiary/aromatic N) is 3. The van der Waals surface area contributed by atoms with E-state index in [0.29, 0.717) is 25.9 Å². The highest BCUT2D eigenvalue weighted by molar-refractivity contribution is 7.89. The van der Waals surface area contributed by atoms with Crippen LogP contribution in [0.25, 0.3) is 0 Å². The molecule has 0 N–H and O–H groups in total. The molecule has 7 nitrogen and oxygen atoms in total. The zero-order valence-corrected chi connectivity index (χ0v) is 13.4. The topological polar surface area (TPSA) is 78.0 Å². The Balaban J connectivity index is 2.78. The first-order chi connectivity index (χ1) is 8.71. The number of sulfonamides is 1. The van der Waals surface area contributed by atoms with Crippen LogP contribution in [-0.4, -0.2) is 75.8 Å². The van der Waals surface area contributed by atoms with Gasteiger partial charge in [-0.05, 0) is 12.8 Å². The van der Waals surface area contributed by atoms with Gasteiger partial charge < -0.3 is 0 Å². The summed E-state index contributed by atoms with van der Waals surface area (Å²) in [5.41, 5.74) is 0. The van der Waals surface area contributed by atoms with Crippen LogP contribution in [0.3, 0.4) is 0 Å². The fourth-order valence-corrected chi connectivity index (χ4v) is 4.67. The van der Waals surface area contributed by atoms with Gasteiger partial charge in [0.1, 0.15) is 0 Å². The van der Waals surface area contributed by atoms with Crippen molar-refractivity contribution >= 4 is 20.2 Å². The Kier molecular flexibility index (Phi) is 5.75. The monoisotopic (exact) mass is 313 g/mol. The van der Waals surface area contributed by atoms with Crippen LogP contribution in [0.15, 0.2) is 0 Å². The Morgan fingerprint density at radius 1 is 0.947 bits per heavy atom. The molecule has 114 valence electrons. The maximum absolute atomic E-state index is 12.0. The Labute approximate surface area is 116 Å². The molecule has 1 aliphatic heterocycles. The lowest BCUT2D eigenvalue weighted by Gasteiger charge is -2.24. The molecule has 1 fully saturated rings. The second-order valence-corrected chi connectivity index (χ2v) is 8.99. The SMILES string of the molecule is CCCS(=O)(=O)N1CCCN(S(=O)(=O)N(C)C)CC1. The van der Waals surface area contributed by atoms with Crippen LogP contribution in [0.1, 0.15) is 19.8 Å². The smallest absolute Gasteiger partial charge is 0.212 e. The van der Waals surface area contributed by atoms with E-state index in [-0.39, 0.29) is 18.8 Å². The van der Waals surface area contributed by atoms with Gasteiger partial charge in [0.05, 0.1) is 5.75 Å². The Morgan fingerprint density at radius 2 is 1.47 bits per heavy atom. The lowest BCUT2D eigenvalue weighted by atomic mass is 10.4. The van der Waals surface area contributed by atoms with Crippen molar-refractivity contribution < 1.29 is 16.8 Å². The summed E-state index contributed by atoms with van der Waals surface area (Å²) in [6.07, 6.45) is 1.09. The quantitative estimate of drug-likeness (QED) is 0.688. The Bertz CT molecular complexity index is 487. The van der Waals surface area contributed by atoms with Crippen molar-refractivity contribution in [3.63, 3.8) is 0 Å². The van der Waals surface area contributed by atoms with Gasteiger partial charge in [-0.25, -0.2) is 12.7 Å². The minimum absolute atomic E-state index is 0.118. The highest BCUT2D eigenvalue weighted by atomic mass is 32.2. The van der Waals surface area contributed by atoms with E-state index in [9.17, 15) is 16.8 Å². The molecule has 0 spiro atoms. The van der Waals surface area contributed by atoms with Gasteiger partial charge in [-0.2, -0.15) is 17.0 Å². The standard InChI is InChI=1S/C10H23N3O4S2/c1-4-10-18(14,15)12-6-5-7-13(9-8-12)19(16,17)11(2)3/h4-10H2,1-3H3. The van der Waals surface area contributed by atoms with Crippen molar-refractivity contribution in [1.82, 2.24) is 12.9 Å². The van der Waals surface area contributed by atoms with Gasteiger partial charge in [0.15, 0.2) is 0 Å². The molecule has 0 amide bonds. The largest absolute Gasteiger partial charge is 0.281 e. The van der Waals surface area contributed by atoms with E-state index in [4.69, 9.17) is 0 Å². The summed E-state index contributed by atoms with van der Waals surface area (Å²) in [6, 6.07) is 0. The van der Waals surface area contributed by atoms with E-state index in [1.54, 1.807) is 0 Å². The third-order valence-electron chi connectivity index (χ3n) is 3.06. The van der Waals surface area contributed by atoms with Crippen LogP contribution in [0.5, 0.6) is 0 Å². The summed E-state index contributed by atoms with van der Waals surface area (Å²) in [7, 11) is -3.75. The fourth-order valence-electron chi connectivity index (χ4n) is 2.00. The van der Waals surface area contributed by atoms with Crippen LogP contribution in [0.4, 0.5) is 0 Å². The molecule has 0 aromatic carbocycles. The molecule has 19 heavy (non-hydrogen) atoms. The normalized spacial score (nSPS) is 20.6. The predicted octanol–water partition coefficient (Wildman–Crippen LogP) is -0.460. The van der Waals surface area contributed by atoms with Crippen LogP contribution in [0, 0.1) is 0 Å². The molecule has 0 atom stereocenters. The molecule has 0 aliphatic carbocycles. The molecular weight excluding hydrogens is 290 g/mol. The zero-order valence-electron chi connectivity index (χ0n) is 11.7. The van der Waals surface area contributed by atoms with E-state index in [1.165, 1.54) is 22.7 Å². The Hall–Kier alpha value is -0.220. The van der Waals surface area contributed by atoms with Gasteiger partial charge in [0, 0.05) is 40.3 Å². The average Bonchev–Trinajstić information content (AvgIpc) is 2.54. The van der Waals surface area contributed by atoms with Crippen molar-refractivity contribution in [2.75, 3.05) is 46.0 Å². The third-order valence-corrected chi connectivity index (χ3v) is 7.07. The first kappa shape index (κ1) is 16.8. The van der Waals surface area contributed by atoms with E-state index >= 15 is 0 Å². The van der Waals surface area contributed by atoms with Crippen LogP contribution >= 0.6 is 0 Å². The highest BCUT2D eigenvalue weighted by Crippen LogP contribution is 2.13. The van der Waals surface area contributed by atoms with Gasteiger partial charge in [0.2, 0.25) is 10.0 Å². The highest BCUT2D eigenvalue weighted by Gasteiger charge is 2.30. The molecule has 9 heteroatoms. The van der Waals surface area contributed by atoms with Crippen molar-refractivity contribution in [3.8, 4) is 0 Å². The van der Waals surface area contributed by atoms with Crippen molar-refractivity contribution in [2.45, 2.75) is 19.8 Å². The van der Waals surface area contributed by atoms with E-state index in [1.807, 2.05) is 6.92 Å². The maximum Gasteiger partial charge on any atom is 0.281 e. The van der Waals surface area contributed by atoms with Crippen molar-refractivity contribution in [2.24, 2.45) is 0 Å². The fraction of sp³-hybridized carbons (Fsp3) is 1.00. The lowest BCUT2D eigenvalue weighted by Crippen LogP contribution is -2.42. The molecule has 1 rings (SSSR count). The van der Waals surface area contributed by atoms with Crippen LogP contribution in [-0.2, 0) is 20.2 Å². The molecule has 0 aromatic heterocycles. The molecule has 0 aromatic rings. The zero-order chi connectivity index (χ0) is 14.7. The van der Waals surface area contributed by atoms with Gasteiger partial charge in [-0.3, -0.25) is 0 Å². The van der Waals surface area contributed by atoms with Crippen LogP contribution in [0.2, 0.25) is 0 Å². The molecule has 0 saturated carbocycles. The van der Waals surface area contributed by atoms with Crippen molar-refractivity contribution in [3.05, 3.63) is 0 Å². The average molecular weight is 313 g/mol. The molecule has 0 bridgehead atoms. The van der Waals surface area contributed by atoms with Gasteiger partial charge in [-0.1, -0.05) is 6.92 Å². The van der Waals surface area contributed by atoms with Gasteiger partial charge in [-0.15, -0.1) is 0 Å². The molecule has 0 unspecified atom stereocenters. The van der Waals surface area contributed by atoms with Crippen molar-refractivity contribution in [1.29, 1.82) is 0 Å². The molecule has 1 heterocycles. The summed E-state index contributed by atoms with van der Waals surface area (Å²) in [4.78, 5) is 0. The van der Waals surface area contributed by atoms with Gasteiger partial charge >= 0.3 is 0 Å². The number of rotatable bonds is 5. The second kappa shape index (κ2) is 6.49. The van der Waals surface area contributed by atoms with E-state index in [0.717, 1.165) is 4.31 Å². The summed E-state index contributed by atoms with van der Waals surface area (Å²) >= 11 is 0. The maximum atomic E-state index is 12.0. The molecule has 0 radical (unpaired) electrons. The molecular formula is C10H23N3O4S2. The molecule has 1 saturated heterocycles. The summed E-state index contributed by atoms with van der Waals surface area (Å²) in [6.45, 7) is 3.01. The van der Waals surface area contributed by atoms with E-state index in [2.05, 4.69) is 0 Å². The first-order valence-electron chi connectivity index (χ1n) is 6.37. The lowest BCUT2D eigenvalue weighted by molar-refractivity contribution is 0.378. The summed E-state index contributed by atoms with van der Waals surface area (Å²) in [5, 5.41) is 0. The van der Waals surface area contributed by atoms with Gasteiger partial charge in [0.25, 0.3) is 10.2 Å². The summed E-state index contributed by atoms with van der Waals surface area (Å²) in [5.74, 6) is 0.118. The first-order valence-corrected chi connectivity index (χ1v) is 9.38. The minimum atomic E-state index is -3.46. The minimum Gasteiger partial charge on any atom is -0.212 e.